The number of carbonyl (C=O) groups is 1. The highest BCUT2D eigenvalue weighted by atomic mass is 16.5. The largest absolute Gasteiger partial charge is 0.491 e. The Balaban J connectivity index is 2.44. The van der Waals surface area contributed by atoms with Gasteiger partial charge >= 0.3 is 0 Å². The Bertz CT molecular complexity index is 566. The Morgan fingerprint density at radius 1 is 1.11 bits per heavy atom. The zero-order valence-corrected chi connectivity index (χ0v) is 17.5. The second kappa shape index (κ2) is 13.0. The number of hydrogen-bond donors (Lipinski definition) is 2. The fraction of sp³-hybridized carbons (Fsp3) is 0.619. The minimum absolute atomic E-state index is 0.156. The summed E-state index contributed by atoms with van der Waals surface area (Å²) in [5.74, 6) is 1.81. The molecule has 0 aliphatic heterocycles. The highest BCUT2D eigenvalue weighted by Crippen LogP contribution is 2.13. The monoisotopic (exact) mass is 376 g/mol. The summed E-state index contributed by atoms with van der Waals surface area (Å²) >= 11 is 0. The molecule has 0 aliphatic carbocycles. The SMILES string of the molecule is CCNC(=NCCC(=O)N(CC)CC)NCCc1ccc(OC(C)C)cc1. The molecule has 1 aromatic rings. The molecule has 0 saturated carbocycles. The molecule has 2 N–H and O–H groups in total. The minimum atomic E-state index is 0.156. The Labute approximate surface area is 164 Å². The molecule has 0 unspecified atom stereocenters. The van der Waals surface area contributed by atoms with E-state index in [1.54, 1.807) is 0 Å². The van der Waals surface area contributed by atoms with Crippen LogP contribution in [0.15, 0.2) is 29.3 Å². The first-order valence-electron chi connectivity index (χ1n) is 10.1. The summed E-state index contributed by atoms with van der Waals surface area (Å²) in [5.41, 5.74) is 1.24. The van der Waals surface area contributed by atoms with Gasteiger partial charge in [-0.3, -0.25) is 9.79 Å². The first-order chi connectivity index (χ1) is 13.0. The second-order valence-corrected chi connectivity index (χ2v) is 6.56. The van der Waals surface area contributed by atoms with Gasteiger partial charge < -0.3 is 20.3 Å². The predicted molar refractivity (Wildman–Crippen MR) is 112 cm³/mol. The van der Waals surface area contributed by atoms with Crippen LogP contribution in [0.4, 0.5) is 0 Å². The molecule has 0 atom stereocenters. The number of benzene rings is 1. The second-order valence-electron chi connectivity index (χ2n) is 6.56. The van der Waals surface area contributed by atoms with Crippen molar-refractivity contribution in [1.29, 1.82) is 0 Å². The topological polar surface area (TPSA) is 66.0 Å². The van der Waals surface area contributed by atoms with Crippen LogP contribution in [0.5, 0.6) is 5.75 Å². The number of ether oxygens (including phenoxy) is 1. The van der Waals surface area contributed by atoms with Crippen LogP contribution in [0, 0.1) is 0 Å². The predicted octanol–water partition coefficient (Wildman–Crippen LogP) is 2.83. The van der Waals surface area contributed by atoms with E-state index in [-0.39, 0.29) is 12.0 Å². The zero-order chi connectivity index (χ0) is 20.1. The number of rotatable bonds is 11. The van der Waals surface area contributed by atoms with Crippen LogP contribution < -0.4 is 15.4 Å². The molecule has 0 spiro atoms. The molecule has 152 valence electrons. The van der Waals surface area contributed by atoms with Crippen LogP contribution in [-0.2, 0) is 11.2 Å². The van der Waals surface area contributed by atoms with Gasteiger partial charge in [-0.25, -0.2) is 0 Å². The fourth-order valence-corrected chi connectivity index (χ4v) is 2.67. The lowest BCUT2D eigenvalue weighted by Gasteiger charge is -2.18. The van der Waals surface area contributed by atoms with Crippen molar-refractivity contribution < 1.29 is 9.53 Å². The lowest BCUT2D eigenvalue weighted by atomic mass is 10.1. The third-order valence-electron chi connectivity index (χ3n) is 4.06. The summed E-state index contributed by atoms with van der Waals surface area (Å²) in [7, 11) is 0. The van der Waals surface area contributed by atoms with Crippen LogP contribution >= 0.6 is 0 Å². The molecule has 0 fully saturated rings. The number of nitrogens with one attached hydrogen (secondary N) is 2. The molecular formula is C21H36N4O2. The van der Waals surface area contributed by atoms with Gasteiger partial charge in [-0.2, -0.15) is 0 Å². The average Bonchev–Trinajstić information content (AvgIpc) is 2.63. The summed E-state index contributed by atoms with van der Waals surface area (Å²) in [5, 5.41) is 6.55. The third-order valence-corrected chi connectivity index (χ3v) is 4.06. The number of guanidine groups is 1. The first kappa shape index (κ1) is 22.8. The van der Waals surface area contributed by atoms with E-state index < -0.39 is 0 Å². The van der Waals surface area contributed by atoms with Gasteiger partial charge in [-0.15, -0.1) is 0 Å². The van der Waals surface area contributed by atoms with E-state index >= 15 is 0 Å². The van der Waals surface area contributed by atoms with Crippen molar-refractivity contribution in [2.75, 3.05) is 32.7 Å². The lowest BCUT2D eigenvalue weighted by Crippen LogP contribution is -2.38. The molecule has 6 heteroatoms. The molecule has 1 rings (SSSR count). The molecular weight excluding hydrogens is 340 g/mol. The maximum atomic E-state index is 12.0. The molecule has 0 aromatic heterocycles. The van der Waals surface area contributed by atoms with E-state index in [2.05, 4.69) is 27.8 Å². The summed E-state index contributed by atoms with van der Waals surface area (Å²) in [4.78, 5) is 18.4. The van der Waals surface area contributed by atoms with Crippen molar-refractivity contribution in [2.24, 2.45) is 4.99 Å². The summed E-state index contributed by atoms with van der Waals surface area (Å²) in [6.45, 7) is 13.6. The van der Waals surface area contributed by atoms with Gasteiger partial charge in [-0.05, 0) is 58.7 Å². The quantitative estimate of drug-likeness (QED) is 0.460. The zero-order valence-electron chi connectivity index (χ0n) is 17.5. The van der Waals surface area contributed by atoms with E-state index in [1.165, 1.54) is 5.56 Å². The molecule has 6 nitrogen and oxygen atoms in total. The highest BCUT2D eigenvalue weighted by Gasteiger charge is 2.08. The van der Waals surface area contributed by atoms with Crippen LogP contribution in [-0.4, -0.2) is 55.6 Å². The first-order valence-corrected chi connectivity index (χ1v) is 10.1. The van der Waals surface area contributed by atoms with Gasteiger partial charge in [0.05, 0.1) is 12.6 Å². The summed E-state index contributed by atoms with van der Waals surface area (Å²) in [6.07, 6.45) is 1.52. The molecule has 0 aliphatic rings. The Morgan fingerprint density at radius 3 is 2.33 bits per heavy atom. The Hall–Kier alpha value is -2.24. The van der Waals surface area contributed by atoms with Crippen molar-refractivity contribution in [3.8, 4) is 5.75 Å². The lowest BCUT2D eigenvalue weighted by molar-refractivity contribution is -0.130. The summed E-state index contributed by atoms with van der Waals surface area (Å²) < 4.78 is 5.66. The van der Waals surface area contributed by atoms with E-state index in [1.807, 2.05) is 51.7 Å². The molecule has 27 heavy (non-hydrogen) atoms. The molecule has 0 bridgehead atoms. The summed E-state index contributed by atoms with van der Waals surface area (Å²) in [6, 6.07) is 8.19. The maximum absolute atomic E-state index is 12.0. The number of amides is 1. The van der Waals surface area contributed by atoms with Crippen molar-refractivity contribution >= 4 is 11.9 Å². The number of nitrogens with zero attached hydrogens (tertiary/aromatic N) is 2. The van der Waals surface area contributed by atoms with Crippen LogP contribution in [0.25, 0.3) is 0 Å². The maximum Gasteiger partial charge on any atom is 0.224 e. The van der Waals surface area contributed by atoms with Gasteiger partial charge in [0.1, 0.15) is 5.75 Å². The van der Waals surface area contributed by atoms with Crippen molar-refractivity contribution in [2.45, 2.75) is 53.6 Å². The van der Waals surface area contributed by atoms with E-state index in [0.29, 0.717) is 13.0 Å². The number of carbonyl (C=O) groups excluding carboxylic acids is 1. The molecule has 0 saturated heterocycles. The number of aliphatic imine (C=N–C) groups is 1. The molecule has 0 radical (unpaired) electrons. The Kier molecular flexibility index (Phi) is 11.0. The van der Waals surface area contributed by atoms with E-state index in [9.17, 15) is 4.79 Å². The Morgan fingerprint density at radius 2 is 1.78 bits per heavy atom. The average molecular weight is 377 g/mol. The molecule has 1 aromatic carbocycles. The minimum Gasteiger partial charge on any atom is -0.491 e. The third kappa shape index (κ3) is 9.31. The van der Waals surface area contributed by atoms with E-state index in [4.69, 9.17) is 4.74 Å². The number of hydrogen-bond acceptors (Lipinski definition) is 3. The molecule has 0 heterocycles. The van der Waals surface area contributed by atoms with E-state index in [0.717, 1.165) is 44.3 Å². The van der Waals surface area contributed by atoms with Gasteiger partial charge in [0.25, 0.3) is 0 Å². The van der Waals surface area contributed by atoms with Crippen LogP contribution in [0.2, 0.25) is 0 Å². The van der Waals surface area contributed by atoms with Gasteiger partial charge in [0.2, 0.25) is 5.91 Å². The van der Waals surface area contributed by atoms with Gasteiger partial charge in [0.15, 0.2) is 5.96 Å². The highest BCUT2D eigenvalue weighted by molar-refractivity contribution is 5.80. The standard InChI is InChI=1S/C21H36N4O2/c1-6-22-21(24-16-14-20(26)25(7-2)8-3)23-15-13-18-9-11-19(12-10-18)27-17(4)5/h9-12,17H,6-8,13-16H2,1-5H3,(H2,22,23,24). The van der Waals surface area contributed by atoms with Gasteiger partial charge in [-0.1, -0.05) is 12.1 Å². The van der Waals surface area contributed by atoms with Crippen molar-refractivity contribution in [3.63, 3.8) is 0 Å². The van der Waals surface area contributed by atoms with Gasteiger partial charge in [0, 0.05) is 32.6 Å². The smallest absolute Gasteiger partial charge is 0.224 e. The van der Waals surface area contributed by atoms with Crippen molar-refractivity contribution in [1.82, 2.24) is 15.5 Å². The van der Waals surface area contributed by atoms with Crippen LogP contribution in [0.3, 0.4) is 0 Å². The fourth-order valence-electron chi connectivity index (χ4n) is 2.67. The normalized spacial score (nSPS) is 11.4. The van der Waals surface area contributed by atoms with Crippen LogP contribution in [0.1, 0.15) is 46.6 Å². The van der Waals surface area contributed by atoms with Crippen molar-refractivity contribution in [3.05, 3.63) is 29.8 Å². The molecule has 1 amide bonds.